The highest BCUT2D eigenvalue weighted by Gasteiger charge is 2.31. The van der Waals surface area contributed by atoms with E-state index in [2.05, 4.69) is 4.98 Å². The van der Waals surface area contributed by atoms with Crippen molar-refractivity contribution >= 4 is 16.1 Å². The molecule has 12 heteroatoms. The van der Waals surface area contributed by atoms with Gasteiger partial charge < -0.3 is 19.5 Å². The van der Waals surface area contributed by atoms with Crippen molar-refractivity contribution in [1.29, 1.82) is 0 Å². The molecule has 0 aliphatic heterocycles. The largest absolute Gasteiger partial charge is 0.465 e. The van der Waals surface area contributed by atoms with E-state index in [1.165, 1.54) is 26.1 Å². The molecule has 3 aromatic heterocycles. The lowest BCUT2D eigenvalue weighted by atomic mass is 10.2. The zero-order valence-corrected chi connectivity index (χ0v) is 16.6. The molecule has 3 rings (SSSR count). The van der Waals surface area contributed by atoms with Crippen LogP contribution >= 0.6 is 0 Å². The van der Waals surface area contributed by atoms with E-state index in [1.807, 2.05) is 0 Å². The van der Waals surface area contributed by atoms with Gasteiger partial charge in [0.05, 0.1) is 12.1 Å². The van der Waals surface area contributed by atoms with Crippen LogP contribution in [0.2, 0.25) is 0 Å². The number of furan rings is 1. The van der Waals surface area contributed by atoms with Crippen LogP contribution in [-0.4, -0.2) is 45.6 Å². The second-order valence-electron chi connectivity index (χ2n) is 6.43. The molecule has 0 aliphatic rings. The van der Waals surface area contributed by atoms with E-state index < -0.39 is 56.9 Å². The summed E-state index contributed by atoms with van der Waals surface area (Å²) >= 11 is 0. The molecule has 0 bridgehead atoms. The Morgan fingerprint density at radius 3 is 2.60 bits per heavy atom. The van der Waals surface area contributed by atoms with E-state index in [0.29, 0.717) is 3.97 Å². The fourth-order valence-corrected chi connectivity index (χ4v) is 4.05. The van der Waals surface area contributed by atoms with Gasteiger partial charge in [-0.15, -0.1) is 0 Å². The molecule has 0 aliphatic carbocycles. The zero-order chi connectivity index (χ0) is 22.2. The van der Waals surface area contributed by atoms with Gasteiger partial charge in [0, 0.05) is 25.0 Å². The Balaban J connectivity index is 2.24. The predicted molar refractivity (Wildman–Crippen MR) is 99.0 cm³/mol. The average Bonchev–Trinajstić information content (AvgIpc) is 3.29. The molecule has 3 aromatic rings. The fraction of sp³-hybridized carbons (Fsp3) is 0.222. The third-order valence-electron chi connectivity index (χ3n) is 4.26. The number of rotatable bonds is 6. The number of halogens is 2. The van der Waals surface area contributed by atoms with Gasteiger partial charge in [-0.05, 0) is 31.2 Å². The Labute approximate surface area is 169 Å². The van der Waals surface area contributed by atoms with Crippen LogP contribution in [0.5, 0.6) is 0 Å². The van der Waals surface area contributed by atoms with Gasteiger partial charge in [-0.2, -0.15) is 12.8 Å². The molecule has 3 heterocycles. The Hall–Kier alpha value is -3.25. The summed E-state index contributed by atoms with van der Waals surface area (Å²) in [4.78, 5) is 15.2. The van der Waals surface area contributed by atoms with E-state index in [1.54, 1.807) is 0 Å². The lowest BCUT2D eigenvalue weighted by molar-refractivity contribution is 0.153. The Kier molecular flexibility index (Phi) is 5.63. The van der Waals surface area contributed by atoms with Crippen molar-refractivity contribution in [3.8, 4) is 11.3 Å². The molecule has 0 saturated carbocycles. The number of aromatic nitrogens is 2. The predicted octanol–water partition coefficient (Wildman–Crippen LogP) is 2.82. The lowest BCUT2D eigenvalue weighted by Crippen LogP contribution is -2.24. The van der Waals surface area contributed by atoms with Gasteiger partial charge in [0.2, 0.25) is 11.0 Å². The van der Waals surface area contributed by atoms with Gasteiger partial charge in [-0.25, -0.2) is 18.1 Å². The number of carbonyl (C=O) groups is 1. The normalized spacial score (nSPS) is 12.7. The molecule has 9 nitrogen and oxygen atoms in total. The molecule has 0 spiro atoms. The highest BCUT2D eigenvalue weighted by atomic mass is 32.2. The quantitative estimate of drug-likeness (QED) is 0.563. The number of aliphatic hydroxyl groups is 1. The second-order valence-corrected chi connectivity index (χ2v) is 8.18. The minimum absolute atomic E-state index is 0.0406. The van der Waals surface area contributed by atoms with Gasteiger partial charge in [-0.1, -0.05) is 0 Å². The van der Waals surface area contributed by atoms with Crippen LogP contribution in [0, 0.1) is 11.8 Å². The number of amides is 1. The highest BCUT2D eigenvalue weighted by molar-refractivity contribution is 7.89. The first-order valence-corrected chi connectivity index (χ1v) is 9.96. The van der Waals surface area contributed by atoms with Gasteiger partial charge in [0.1, 0.15) is 17.6 Å². The van der Waals surface area contributed by atoms with Crippen molar-refractivity contribution in [2.24, 2.45) is 0 Å². The molecule has 0 radical (unpaired) electrons. The van der Waals surface area contributed by atoms with Crippen molar-refractivity contribution in [3.63, 3.8) is 0 Å². The van der Waals surface area contributed by atoms with Gasteiger partial charge in [-0.3, -0.25) is 0 Å². The molecule has 2 N–H and O–H groups in total. The van der Waals surface area contributed by atoms with E-state index in [-0.39, 0.29) is 11.3 Å². The highest BCUT2D eigenvalue weighted by Crippen LogP contribution is 2.33. The summed E-state index contributed by atoms with van der Waals surface area (Å²) in [6.07, 6.45) is -0.493. The first-order valence-electron chi connectivity index (χ1n) is 8.52. The Bertz CT molecular complexity index is 1200. The molecule has 0 saturated heterocycles. The van der Waals surface area contributed by atoms with E-state index >= 15 is 4.39 Å². The smallest absolute Gasteiger partial charge is 0.407 e. The molecule has 160 valence electrons. The van der Waals surface area contributed by atoms with Crippen LogP contribution in [0.15, 0.2) is 46.2 Å². The Morgan fingerprint density at radius 2 is 2.03 bits per heavy atom. The SMILES string of the molecule is CC(O)c1ccc(S(=O)(=O)n2cc(CN(C)C(=O)O)c(F)c2-c2cccnc2F)o1. The summed E-state index contributed by atoms with van der Waals surface area (Å²) in [5, 5.41) is 18.0. The zero-order valence-electron chi connectivity index (χ0n) is 15.8. The fourth-order valence-electron chi connectivity index (χ4n) is 2.73. The number of nitrogens with zero attached hydrogens (tertiary/aromatic N) is 3. The van der Waals surface area contributed by atoms with Gasteiger partial charge in [0.25, 0.3) is 0 Å². The van der Waals surface area contributed by atoms with Crippen LogP contribution in [0.25, 0.3) is 11.3 Å². The molecule has 1 amide bonds. The van der Waals surface area contributed by atoms with Crippen LogP contribution in [0.1, 0.15) is 24.4 Å². The van der Waals surface area contributed by atoms with Crippen LogP contribution in [0.3, 0.4) is 0 Å². The topological polar surface area (TPSA) is 126 Å². The first-order chi connectivity index (χ1) is 14.0. The molecule has 1 unspecified atom stereocenters. The summed E-state index contributed by atoms with van der Waals surface area (Å²) in [6.45, 7) is 0.872. The third kappa shape index (κ3) is 3.78. The summed E-state index contributed by atoms with van der Waals surface area (Å²) in [7, 11) is -3.40. The minimum atomic E-state index is -4.57. The van der Waals surface area contributed by atoms with E-state index in [0.717, 1.165) is 29.4 Å². The van der Waals surface area contributed by atoms with Crippen molar-refractivity contribution in [2.45, 2.75) is 24.7 Å². The maximum atomic E-state index is 15.2. The number of hydrogen-bond acceptors (Lipinski definition) is 6. The molecule has 0 aromatic carbocycles. The number of pyridine rings is 1. The molecule has 0 fully saturated rings. The van der Waals surface area contributed by atoms with Crippen molar-refractivity contribution < 1.29 is 36.6 Å². The maximum Gasteiger partial charge on any atom is 0.407 e. The molecule has 1 atom stereocenters. The van der Waals surface area contributed by atoms with E-state index in [9.17, 15) is 22.7 Å². The van der Waals surface area contributed by atoms with Gasteiger partial charge in [0.15, 0.2) is 5.82 Å². The minimum Gasteiger partial charge on any atom is -0.465 e. The van der Waals surface area contributed by atoms with Crippen molar-refractivity contribution in [1.82, 2.24) is 13.9 Å². The van der Waals surface area contributed by atoms with Crippen molar-refractivity contribution in [2.75, 3.05) is 7.05 Å². The van der Waals surface area contributed by atoms with Gasteiger partial charge >= 0.3 is 16.1 Å². The average molecular weight is 441 g/mol. The molecular formula is C18H17F2N3O6S. The number of aliphatic hydroxyl groups excluding tert-OH is 1. The number of carboxylic acid groups (broad SMARTS) is 1. The van der Waals surface area contributed by atoms with Crippen LogP contribution in [0.4, 0.5) is 13.6 Å². The third-order valence-corrected chi connectivity index (χ3v) is 5.79. The number of hydrogen-bond donors (Lipinski definition) is 2. The second kappa shape index (κ2) is 7.88. The van der Waals surface area contributed by atoms with Crippen molar-refractivity contribution in [3.05, 3.63) is 59.7 Å². The summed E-state index contributed by atoms with van der Waals surface area (Å²) < 4.78 is 61.3. The monoisotopic (exact) mass is 441 g/mol. The standard InChI is InChI=1S/C18H17F2N3O6S/c1-10(24)13-5-6-14(29-13)30(27,28)23-9-11(8-22(2)18(25)26)15(19)16(23)12-4-3-7-21-17(12)20/h3-7,9-10,24H,8H2,1-2H3,(H,25,26). The molecular weight excluding hydrogens is 424 g/mol. The van der Waals surface area contributed by atoms with E-state index in [4.69, 9.17) is 9.52 Å². The lowest BCUT2D eigenvalue weighted by Gasteiger charge is -2.11. The Morgan fingerprint density at radius 1 is 1.33 bits per heavy atom. The summed E-state index contributed by atoms with van der Waals surface area (Å²) in [6, 6.07) is 4.74. The first kappa shape index (κ1) is 21.5. The van der Waals surface area contributed by atoms with Crippen LogP contribution < -0.4 is 0 Å². The maximum absolute atomic E-state index is 15.2. The molecule has 30 heavy (non-hydrogen) atoms. The summed E-state index contributed by atoms with van der Waals surface area (Å²) in [5.74, 6) is -2.28. The summed E-state index contributed by atoms with van der Waals surface area (Å²) in [5.41, 5.74) is -1.40. The van der Waals surface area contributed by atoms with Crippen LogP contribution in [-0.2, 0) is 16.6 Å².